The number of halogens is 4. The van der Waals surface area contributed by atoms with Gasteiger partial charge >= 0.3 is 12.2 Å². The third-order valence-electron chi connectivity index (χ3n) is 7.49. The number of fused-ring (bicyclic) bond motifs is 1. The van der Waals surface area contributed by atoms with Crippen molar-refractivity contribution in [3.63, 3.8) is 0 Å². The van der Waals surface area contributed by atoms with Crippen molar-refractivity contribution < 1.29 is 18.0 Å². The first kappa shape index (κ1) is 28.7. The Morgan fingerprint density at radius 2 is 1.71 bits per heavy atom. The number of hydrogen-bond acceptors (Lipinski definition) is 3. The van der Waals surface area contributed by atoms with E-state index in [9.17, 15) is 18.0 Å². The van der Waals surface area contributed by atoms with Gasteiger partial charge in [-0.15, -0.1) is 0 Å². The second kappa shape index (κ2) is 11.6. The fraction of sp³-hybridized carbons (Fsp3) is 0.290. The van der Waals surface area contributed by atoms with Crippen LogP contribution < -0.4 is 11.1 Å². The number of hydrogen-bond donors (Lipinski definition) is 2. The number of aryl methyl sites for hydroxylation is 2. The van der Waals surface area contributed by atoms with Gasteiger partial charge in [0.1, 0.15) is 0 Å². The lowest BCUT2D eigenvalue weighted by Crippen LogP contribution is -2.30. The Kier molecular flexibility index (Phi) is 8.11. The van der Waals surface area contributed by atoms with E-state index in [4.69, 9.17) is 22.4 Å². The molecule has 10 heteroatoms. The molecule has 0 unspecified atom stereocenters. The largest absolute Gasteiger partial charge is 0.416 e. The van der Waals surface area contributed by atoms with Crippen molar-refractivity contribution in [2.45, 2.75) is 52.4 Å². The number of alkyl halides is 3. The molecule has 214 valence electrons. The van der Waals surface area contributed by atoms with Gasteiger partial charge in [-0.05, 0) is 53.8 Å². The number of rotatable bonds is 7. The fourth-order valence-corrected chi connectivity index (χ4v) is 5.73. The molecule has 2 heterocycles. The molecule has 1 aliphatic heterocycles. The van der Waals surface area contributed by atoms with Crippen LogP contribution in [0, 0.1) is 0 Å². The molecule has 1 aliphatic rings. The molecule has 6 nitrogen and oxygen atoms in total. The highest BCUT2D eigenvalue weighted by atomic mass is 35.5. The summed E-state index contributed by atoms with van der Waals surface area (Å²) in [6.45, 7) is 5.35. The van der Waals surface area contributed by atoms with Crippen molar-refractivity contribution in [2.24, 2.45) is 5.73 Å². The van der Waals surface area contributed by atoms with Crippen LogP contribution in [-0.2, 0) is 38.5 Å². The molecule has 3 N–H and O–H groups in total. The topological polar surface area (TPSA) is 76.2 Å². The van der Waals surface area contributed by atoms with Crippen molar-refractivity contribution in [3.05, 3.63) is 99.2 Å². The van der Waals surface area contributed by atoms with Crippen molar-refractivity contribution >= 4 is 23.3 Å². The van der Waals surface area contributed by atoms with E-state index in [1.54, 1.807) is 12.1 Å². The van der Waals surface area contributed by atoms with Crippen molar-refractivity contribution in [3.8, 4) is 16.9 Å². The van der Waals surface area contributed by atoms with Gasteiger partial charge in [0.2, 0.25) is 0 Å². The first-order valence-corrected chi connectivity index (χ1v) is 13.9. The number of amides is 2. The van der Waals surface area contributed by atoms with E-state index in [1.807, 2.05) is 21.7 Å². The lowest BCUT2D eigenvalue weighted by Gasteiger charge is -2.28. The molecule has 41 heavy (non-hydrogen) atoms. The second-order valence-electron chi connectivity index (χ2n) is 10.1. The van der Waals surface area contributed by atoms with E-state index in [1.165, 1.54) is 12.1 Å². The summed E-state index contributed by atoms with van der Waals surface area (Å²) in [4.78, 5) is 13.4. The number of carbonyl (C=O) groups is 1. The SMILES string of the molecule is CCc1cccc(CC)c1-n1nc2c(c1-c1ccc(NC(N)=O)cc1)CN(Cc1ccc(Cl)cc1C(F)(F)F)CC2. The fourth-order valence-electron chi connectivity index (χ4n) is 5.55. The monoisotopic (exact) mass is 581 g/mol. The van der Waals surface area contributed by atoms with Crippen LogP contribution in [-0.4, -0.2) is 27.3 Å². The Hall–Kier alpha value is -3.82. The molecule has 0 atom stereocenters. The average molecular weight is 582 g/mol. The number of carbonyl (C=O) groups excluding carboxylic acids is 1. The van der Waals surface area contributed by atoms with Crippen LogP contribution in [0.4, 0.5) is 23.7 Å². The smallest absolute Gasteiger partial charge is 0.351 e. The molecule has 0 saturated carbocycles. The van der Waals surface area contributed by atoms with Gasteiger partial charge in [-0.3, -0.25) is 4.90 Å². The molecular formula is C31H31ClF3N5O. The van der Waals surface area contributed by atoms with Crippen molar-refractivity contribution in [1.82, 2.24) is 14.7 Å². The molecular weight excluding hydrogens is 551 g/mol. The molecule has 1 aromatic heterocycles. The summed E-state index contributed by atoms with van der Waals surface area (Å²) >= 11 is 5.92. The summed E-state index contributed by atoms with van der Waals surface area (Å²) in [6.07, 6.45) is -2.27. The number of aromatic nitrogens is 2. The Balaban J connectivity index is 1.61. The maximum atomic E-state index is 13.8. The number of nitrogens with two attached hydrogens (primary N) is 1. The minimum absolute atomic E-state index is 0.0566. The van der Waals surface area contributed by atoms with Gasteiger partial charge in [-0.25, -0.2) is 9.48 Å². The highest BCUT2D eigenvalue weighted by molar-refractivity contribution is 6.30. The van der Waals surface area contributed by atoms with Gasteiger partial charge < -0.3 is 11.1 Å². The summed E-state index contributed by atoms with van der Waals surface area (Å²) in [7, 11) is 0. The lowest BCUT2D eigenvalue weighted by atomic mass is 9.98. The molecule has 0 aliphatic carbocycles. The molecule has 2 amide bonds. The van der Waals surface area contributed by atoms with Crippen molar-refractivity contribution in [1.29, 1.82) is 0 Å². The standard InChI is InChI=1S/C31H31ClF3N5O/c1-3-19-6-5-7-20(4-2)28(19)40-29(21-9-12-24(13-10-21)37-30(36)41)25-18-39(15-14-27(25)38-40)17-22-8-11-23(32)16-26(22)31(33,34)35/h5-13,16H,3-4,14-15,17-18H2,1-2H3,(H3,36,37,41). The van der Waals surface area contributed by atoms with Crippen LogP contribution in [0.2, 0.25) is 5.02 Å². The average Bonchev–Trinajstić information content (AvgIpc) is 3.31. The van der Waals surface area contributed by atoms with Crippen molar-refractivity contribution in [2.75, 3.05) is 11.9 Å². The number of para-hydroxylation sites is 1. The number of benzene rings is 3. The third-order valence-corrected chi connectivity index (χ3v) is 7.72. The lowest BCUT2D eigenvalue weighted by molar-refractivity contribution is -0.138. The summed E-state index contributed by atoms with van der Waals surface area (Å²) in [6, 6.07) is 16.9. The van der Waals surface area contributed by atoms with E-state index in [-0.39, 0.29) is 17.1 Å². The Labute approximate surface area is 241 Å². The molecule has 0 fully saturated rings. The summed E-state index contributed by atoms with van der Waals surface area (Å²) < 4.78 is 43.5. The first-order valence-electron chi connectivity index (χ1n) is 13.6. The van der Waals surface area contributed by atoms with Gasteiger partial charge in [-0.2, -0.15) is 18.3 Å². The minimum Gasteiger partial charge on any atom is -0.351 e. The van der Waals surface area contributed by atoms with Gasteiger partial charge in [0.25, 0.3) is 0 Å². The van der Waals surface area contributed by atoms with E-state index in [0.29, 0.717) is 25.2 Å². The molecule has 0 spiro atoms. The molecule has 0 radical (unpaired) electrons. The highest BCUT2D eigenvalue weighted by Crippen LogP contribution is 2.38. The summed E-state index contributed by atoms with van der Waals surface area (Å²) in [5, 5.41) is 7.74. The number of urea groups is 1. The van der Waals surface area contributed by atoms with E-state index >= 15 is 0 Å². The normalized spacial score (nSPS) is 13.7. The Morgan fingerprint density at radius 3 is 2.32 bits per heavy atom. The molecule has 3 aromatic carbocycles. The van der Waals surface area contributed by atoms with E-state index in [0.717, 1.165) is 58.2 Å². The van der Waals surface area contributed by atoms with Crippen LogP contribution in [0.25, 0.3) is 16.9 Å². The zero-order valence-corrected chi connectivity index (χ0v) is 23.6. The Bertz CT molecular complexity index is 1560. The highest BCUT2D eigenvalue weighted by Gasteiger charge is 2.35. The zero-order chi connectivity index (χ0) is 29.3. The molecule has 0 saturated heterocycles. The number of anilines is 1. The quantitative estimate of drug-likeness (QED) is 0.239. The number of primary amides is 1. The minimum atomic E-state index is -4.50. The maximum Gasteiger partial charge on any atom is 0.416 e. The number of nitrogens with zero attached hydrogens (tertiary/aromatic N) is 3. The Morgan fingerprint density at radius 1 is 1.02 bits per heavy atom. The molecule has 4 aromatic rings. The van der Waals surface area contributed by atoms with Gasteiger partial charge in [0.15, 0.2) is 0 Å². The predicted octanol–water partition coefficient (Wildman–Crippen LogP) is 7.39. The van der Waals surface area contributed by atoms with Crippen LogP contribution in [0.5, 0.6) is 0 Å². The second-order valence-corrected chi connectivity index (χ2v) is 10.6. The van der Waals surface area contributed by atoms with Crippen LogP contribution >= 0.6 is 11.6 Å². The van der Waals surface area contributed by atoms with Crippen LogP contribution in [0.15, 0.2) is 60.7 Å². The van der Waals surface area contributed by atoms with E-state index in [2.05, 4.69) is 37.4 Å². The van der Waals surface area contributed by atoms with Gasteiger partial charge in [0, 0.05) is 47.9 Å². The zero-order valence-electron chi connectivity index (χ0n) is 22.9. The summed E-state index contributed by atoms with van der Waals surface area (Å²) in [5.74, 6) is 0. The molecule has 5 rings (SSSR count). The van der Waals surface area contributed by atoms with Gasteiger partial charge in [0.05, 0.1) is 22.6 Å². The predicted molar refractivity (Wildman–Crippen MR) is 155 cm³/mol. The van der Waals surface area contributed by atoms with Gasteiger partial charge in [-0.1, -0.05) is 61.8 Å². The number of nitrogens with one attached hydrogen (secondary N) is 1. The van der Waals surface area contributed by atoms with Crippen LogP contribution in [0.1, 0.15) is 47.4 Å². The maximum absolute atomic E-state index is 13.8. The first-order chi connectivity index (χ1) is 19.6. The van der Waals surface area contributed by atoms with Crippen LogP contribution in [0.3, 0.4) is 0 Å². The molecule has 0 bridgehead atoms. The van der Waals surface area contributed by atoms with E-state index < -0.39 is 17.8 Å². The summed E-state index contributed by atoms with van der Waals surface area (Å²) in [5.41, 5.74) is 12.3. The third kappa shape index (κ3) is 5.96.